The maximum absolute atomic E-state index is 12.6. The van der Waals surface area contributed by atoms with E-state index in [1.807, 2.05) is 0 Å². The van der Waals surface area contributed by atoms with Crippen LogP contribution in [0.1, 0.15) is 12.8 Å². The molecule has 0 aromatic heterocycles. The highest BCUT2D eigenvalue weighted by atomic mass is 16.7. The number of rotatable bonds is 4. The van der Waals surface area contributed by atoms with Gasteiger partial charge in [-0.05, 0) is 6.42 Å². The summed E-state index contributed by atoms with van der Waals surface area (Å²) in [7, 11) is 4.23. The number of hydrogen-bond donors (Lipinski definition) is 2. The van der Waals surface area contributed by atoms with Crippen LogP contribution in [0.2, 0.25) is 0 Å². The summed E-state index contributed by atoms with van der Waals surface area (Å²) < 4.78 is 15.5. The van der Waals surface area contributed by atoms with Crippen LogP contribution in [0.3, 0.4) is 0 Å². The monoisotopic (exact) mass is 302 g/mol. The third-order valence-electron chi connectivity index (χ3n) is 4.20. The molecule has 3 atom stereocenters. The number of methoxy groups -OCH3 is 3. The second-order valence-electron chi connectivity index (χ2n) is 5.38. The Morgan fingerprint density at radius 1 is 1.29 bits per heavy atom. The summed E-state index contributed by atoms with van der Waals surface area (Å²) in [4.78, 5) is 25.9. The number of esters is 1. The van der Waals surface area contributed by atoms with Crippen LogP contribution >= 0.6 is 0 Å². The number of aliphatic hydroxyl groups excluding tert-OH is 1. The number of ether oxygens (including phenoxy) is 3. The van der Waals surface area contributed by atoms with Gasteiger partial charge in [-0.2, -0.15) is 0 Å². The quantitative estimate of drug-likeness (QED) is 0.480. The van der Waals surface area contributed by atoms with Gasteiger partial charge in [-0.3, -0.25) is 4.79 Å². The molecule has 0 radical (unpaired) electrons. The number of carbonyl (C=O) groups is 2. The van der Waals surface area contributed by atoms with Crippen molar-refractivity contribution < 1.29 is 28.9 Å². The first-order chi connectivity index (χ1) is 9.96. The Kier molecular flexibility index (Phi) is 4.82. The Hall–Kier alpha value is -1.22. The zero-order valence-corrected chi connectivity index (χ0v) is 12.5. The molecule has 2 N–H and O–H groups in total. The highest BCUT2D eigenvalue weighted by Gasteiger charge is 2.51. The van der Waals surface area contributed by atoms with Crippen LogP contribution in [0, 0.1) is 0 Å². The molecule has 2 saturated heterocycles. The Morgan fingerprint density at radius 2 is 1.95 bits per heavy atom. The summed E-state index contributed by atoms with van der Waals surface area (Å²) in [5.41, 5.74) is 0. The maximum atomic E-state index is 12.6. The van der Waals surface area contributed by atoms with E-state index in [1.54, 1.807) is 0 Å². The zero-order valence-electron chi connectivity index (χ0n) is 12.5. The Bertz CT molecular complexity index is 411. The van der Waals surface area contributed by atoms with Crippen molar-refractivity contribution in [1.82, 2.24) is 10.2 Å². The number of hydrogen-bond acceptors (Lipinski definition) is 7. The molecule has 0 aliphatic carbocycles. The van der Waals surface area contributed by atoms with Gasteiger partial charge in [-0.25, -0.2) is 4.79 Å². The predicted molar refractivity (Wildman–Crippen MR) is 71.3 cm³/mol. The number of carbonyl (C=O) groups excluding carboxylic acids is 2. The summed E-state index contributed by atoms with van der Waals surface area (Å²) in [6.07, 6.45) is -0.00288. The zero-order chi connectivity index (χ0) is 15.6. The molecule has 8 heteroatoms. The van der Waals surface area contributed by atoms with E-state index >= 15 is 0 Å². The normalized spacial score (nSPS) is 31.4. The van der Waals surface area contributed by atoms with E-state index in [9.17, 15) is 14.7 Å². The van der Waals surface area contributed by atoms with Crippen molar-refractivity contribution in [3.63, 3.8) is 0 Å². The first-order valence-corrected chi connectivity index (χ1v) is 6.86. The minimum Gasteiger partial charge on any atom is -0.467 e. The van der Waals surface area contributed by atoms with Gasteiger partial charge in [0.1, 0.15) is 6.04 Å². The number of aliphatic hydroxyl groups is 1. The highest BCUT2D eigenvalue weighted by molar-refractivity contribution is 5.88. The minimum atomic E-state index is -1.01. The van der Waals surface area contributed by atoms with Crippen LogP contribution in [0.15, 0.2) is 0 Å². The lowest BCUT2D eigenvalue weighted by atomic mass is 10.1. The fourth-order valence-electron chi connectivity index (χ4n) is 2.90. The molecule has 2 aliphatic heterocycles. The van der Waals surface area contributed by atoms with E-state index in [-0.39, 0.29) is 18.9 Å². The Balaban J connectivity index is 2.18. The smallest absolute Gasteiger partial charge is 0.328 e. The van der Waals surface area contributed by atoms with Crippen LogP contribution in [-0.2, 0) is 23.8 Å². The van der Waals surface area contributed by atoms with Gasteiger partial charge >= 0.3 is 5.97 Å². The van der Waals surface area contributed by atoms with Crippen molar-refractivity contribution >= 4 is 11.9 Å². The average molecular weight is 302 g/mol. The van der Waals surface area contributed by atoms with Crippen LogP contribution in [0.5, 0.6) is 0 Å². The fraction of sp³-hybridized carbons (Fsp3) is 0.846. The summed E-state index contributed by atoms with van der Waals surface area (Å²) in [5.74, 6) is -1.76. The van der Waals surface area contributed by atoms with Gasteiger partial charge in [0, 0.05) is 27.2 Å². The highest BCUT2D eigenvalue weighted by Crippen LogP contribution is 2.32. The number of amides is 1. The van der Waals surface area contributed by atoms with Crippen LogP contribution < -0.4 is 5.32 Å². The van der Waals surface area contributed by atoms with Gasteiger partial charge in [0.05, 0.1) is 25.8 Å². The van der Waals surface area contributed by atoms with Crippen molar-refractivity contribution in [2.24, 2.45) is 0 Å². The third kappa shape index (κ3) is 3.03. The average Bonchev–Trinajstić information content (AvgIpc) is 3.10. The molecule has 2 heterocycles. The third-order valence-corrected chi connectivity index (χ3v) is 4.20. The topological polar surface area (TPSA) is 97.3 Å². The summed E-state index contributed by atoms with van der Waals surface area (Å²) in [6, 6.07) is -1.25. The molecule has 0 aromatic rings. The fourth-order valence-corrected chi connectivity index (χ4v) is 2.90. The minimum absolute atomic E-state index is 0.146. The number of β-amino-alcohol motifs (C(OH)–C–C–N with tert-alkyl or cyclic N) is 1. The molecule has 0 saturated carbocycles. The molecule has 1 amide bonds. The van der Waals surface area contributed by atoms with Gasteiger partial charge in [-0.1, -0.05) is 0 Å². The van der Waals surface area contributed by atoms with Crippen LogP contribution in [-0.4, -0.2) is 80.3 Å². The van der Waals surface area contributed by atoms with Gasteiger partial charge in [-0.15, -0.1) is 0 Å². The molecule has 0 unspecified atom stereocenters. The molecule has 2 fully saturated rings. The molecule has 120 valence electrons. The van der Waals surface area contributed by atoms with Crippen LogP contribution in [0.4, 0.5) is 0 Å². The van der Waals surface area contributed by atoms with E-state index < -0.39 is 29.9 Å². The summed E-state index contributed by atoms with van der Waals surface area (Å²) in [6.45, 7) is 0.514. The van der Waals surface area contributed by atoms with E-state index in [0.29, 0.717) is 13.0 Å². The molecular weight excluding hydrogens is 280 g/mol. The summed E-state index contributed by atoms with van der Waals surface area (Å²) >= 11 is 0. The second kappa shape index (κ2) is 6.27. The molecule has 2 rings (SSSR count). The van der Waals surface area contributed by atoms with E-state index in [2.05, 4.69) is 5.32 Å². The van der Waals surface area contributed by atoms with Crippen molar-refractivity contribution in [1.29, 1.82) is 0 Å². The van der Waals surface area contributed by atoms with Crippen LogP contribution in [0.25, 0.3) is 0 Å². The SMILES string of the molecule is COC(=O)[C@@H]1CC(OC)(OC)CN1C(=O)[C@@H]1C[C@H](O)CN1. The van der Waals surface area contributed by atoms with Gasteiger partial charge < -0.3 is 29.5 Å². The first-order valence-electron chi connectivity index (χ1n) is 6.86. The maximum Gasteiger partial charge on any atom is 0.328 e. The van der Waals surface area contributed by atoms with Crippen molar-refractivity contribution in [3.05, 3.63) is 0 Å². The molecule has 0 bridgehead atoms. The van der Waals surface area contributed by atoms with Crippen molar-refractivity contribution in [2.45, 2.75) is 36.8 Å². The molecular formula is C13H22N2O6. The van der Waals surface area contributed by atoms with Gasteiger partial charge in [0.15, 0.2) is 5.79 Å². The Labute approximate surface area is 123 Å². The molecule has 8 nitrogen and oxygen atoms in total. The largest absolute Gasteiger partial charge is 0.467 e. The van der Waals surface area contributed by atoms with Crippen molar-refractivity contribution in [2.75, 3.05) is 34.4 Å². The molecule has 21 heavy (non-hydrogen) atoms. The van der Waals surface area contributed by atoms with E-state index in [4.69, 9.17) is 14.2 Å². The first kappa shape index (κ1) is 16.2. The standard InChI is InChI=1S/C13H22N2O6/c1-19-12(18)10-5-13(20-2,21-3)7-15(10)11(17)9-4-8(16)6-14-9/h8-10,14,16H,4-7H2,1-3H3/t8-,9-,10-/m0/s1. The number of likely N-dealkylation sites (tertiary alicyclic amines) is 1. The molecule has 0 spiro atoms. The van der Waals surface area contributed by atoms with Crippen molar-refractivity contribution in [3.8, 4) is 0 Å². The Morgan fingerprint density at radius 3 is 2.43 bits per heavy atom. The lowest BCUT2D eigenvalue weighted by Crippen LogP contribution is -2.49. The van der Waals surface area contributed by atoms with Gasteiger partial charge in [0.25, 0.3) is 0 Å². The van der Waals surface area contributed by atoms with E-state index in [0.717, 1.165) is 0 Å². The second-order valence-corrected chi connectivity index (χ2v) is 5.38. The number of nitrogens with one attached hydrogen (secondary N) is 1. The lowest BCUT2D eigenvalue weighted by molar-refractivity contribution is -0.197. The summed E-state index contributed by atoms with van der Waals surface area (Å²) in [5, 5.41) is 12.5. The predicted octanol–water partition coefficient (Wildman–Crippen LogP) is -1.53. The van der Waals surface area contributed by atoms with Gasteiger partial charge in [0.2, 0.25) is 5.91 Å². The van der Waals surface area contributed by atoms with E-state index in [1.165, 1.54) is 26.2 Å². The molecule has 0 aromatic carbocycles. The molecule has 2 aliphatic rings. The lowest BCUT2D eigenvalue weighted by Gasteiger charge is -2.27. The number of nitrogens with zero attached hydrogens (tertiary/aromatic N) is 1.